The highest BCUT2D eigenvalue weighted by atomic mass is 16.5. The number of aromatic nitrogens is 2. The van der Waals surface area contributed by atoms with Crippen LogP contribution in [0.2, 0.25) is 0 Å². The number of imidazole rings is 1. The Kier molecular flexibility index (Phi) is 4.16. The van der Waals surface area contributed by atoms with Crippen molar-refractivity contribution in [1.29, 1.82) is 0 Å². The number of methoxy groups -OCH3 is 1. The number of carbonyl (C=O) groups excluding carboxylic acids is 1. The molecule has 0 N–H and O–H groups in total. The monoisotopic (exact) mass is 349 g/mol. The minimum Gasteiger partial charge on any atom is -0.497 e. The lowest BCUT2D eigenvalue weighted by molar-refractivity contribution is -0.119. The molecule has 26 heavy (non-hydrogen) atoms. The first kappa shape index (κ1) is 16.3. The van der Waals surface area contributed by atoms with Crippen molar-refractivity contribution in [3.8, 4) is 5.75 Å². The molecule has 0 radical (unpaired) electrons. The van der Waals surface area contributed by atoms with Gasteiger partial charge in [-0.2, -0.15) is 0 Å². The first-order valence-corrected chi connectivity index (χ1v) is 8.43. The van der Waals surface area contributed by atoms with Gasteiger partial charge in [-0.15, -0.1) is 0 Å². The molecule has 2 atom stereocenters. The van der Waals surface area contributed by atoms with Gasteiger partial charge in [-0.1, -0.05) is 24.3 Å². The Bertz CT molecular complexity index is 975. The first-order valence-electron chi connectivity index (χ1n) is 8.43. The third-order valence-corrected chi connectivity index (χ3v) is 4.53. The van der Waals surface area contributed by atoms with Crippen molar-refractivity contribution in [2.75, 3.05) is 7.11 Å². The van der Waals surface area contributed by atoms with Gasteiger partial charge in [-0.05, 0) is 36.8 Å². The summed E-state index contributed by atoms with van der Waals surface area (Å²) in [5.41, 5.74) is 2.83. The number of aliphatic imine (C=N–C) groups is 1. The number of hydrogen-bond acceptors (Lipinski definition) is 5. The fourth-order valence-corrected chi connectivity index (χ4v) is 3.17. The van der Waals surface area contributed by atoms with Crippen LogP contribution in [-0.4, -0.2) is 34.4 Å². The molecule has 0 fully saturated rings. The van der Waals surface area contributed by atoms with Gasteiger partial charge in [-0.25, -0.2) is 9.98 Å². The SMILES string of the molecule is COc1ccc(C2OC(Cn3cnc4ccccc43)=NC2C(C)=O)cc1. The second-order valence-corrected chi connectivity index (χ2v) is 6.25. The third kappa shape index (κ3) is 2.94. The molecule has 0 amide bonds. The van der Waals surface area contributed by atoms with Crippen LogP contribution < -0.4 is 4.74 Å². The van der Waals surface area contributed by atoms with Crippen LogP contribution in [0.5, 0.6) is 5.75 Å². The molecule has 4 rings (SSSR count). The summed E-state index contributed by atoms with van der Waals surface area (Å²) in [5.74, 6) is 1.28. The zero-order valence-corrected chi connectivity index (χ0v) is 14.6. The zero-order valence-electron chi connectivity index (χ0n) is 14.6. The number of fused-ring (bicyclic) bond motifs is 1. The lowest BCUT2D eigenvalue weighted by Crippen LogP contribution is -2.21. The van der Waals surface area contributed by atoms with Crippen LogP contribution in [-0.2, 0) is 16.1 Å². The molecule has 2 unspecified atom stereocenters. The van der Waals surface area contributed by atoms with Gasteiger partial charge in [0.25, 0.3) is 0 Å². The molecule has 6 heteroatoms. The topological polar surface area (TPSA) is 65.7 Å². The van der Waals surface area contributed by atoms with Gasteiger partial charge < -0.3 is 14.0 Å². The molecule has 2 aromatic carbocycles. The van der Waals surface area contributed by atoms with Crippen molar-refractivity contribution >= 4 is 22.7 Å². The summed E-state index contributed by atoms with van der Waals surface area (Å²) in [6.45, 7) is 1.99. The predicted molar refractivity (Wildman–Crippen MR) is 98.5 cm³/mol. The van der Waals surface area contributed by atoms with Crippen molar-refractivity contribution in [3.05, 3.63) is 60.4 Å². The Hall–Kier alpha value is -3.15. The van der Waals surface area contributed by atoms with Crippen molar-refractivity contribution in [1.82, 2.24) is 9.55 Å². The summed E-state index contributed by atoms with van der Waals surface area (Å²) in [7, 11) is 1.62. The van der Waals surface area contributed by atoms with E-state index in [2.05, 4.69) is 9.98 Å². The summed E-state index contributed by atoms with van der Waals surface area (Å²) in [6.07, 6.45) is 1.35. The van der Waals surface area contributed by atoms with E-state index in [-0.39, 0.29) is 5.78 Å². The molecule has 1 aliphatic heterocycles. The lowest BCUT2D eigenvalue weighted by Gasteiger charge is -2.16. The summed E-state index contributed by atoms with van der Waals surface area (Å²) in [5, 5.41) is 0. The number of ketones is 1. The number of rotatable bonds is 5. The van der Waals surface area contributed by atoms with E-state index in [1.807, 2.05) is 53.1 Å². The van der Waals surface area contributed by atoms with Crippen molar-refractivity contribution < 1.29 is 14.3 Å². The Morgan fingerprint density at radius 2 is 1.96 bits per heavy atom. The van der Waals surface area contributed by atoms with Gasteiger partial charge in [0.15, 0.2) is 17.9 Å². The molecule has 0 bridgehead atoms. The molecular weight excluding hydrogens is 330 g/mol. The highest BCUT2D eigenvalue weighted by molar-refractivity contribution is 5.90. The molecule has 0 saturated heterocycles. The molecule has 0 spiro atoms. The Balaban J connectivity index is 1.59. The van der Waals surface area contributed by atoms with E-state index in [1.54, 1.807) is 20.4 Å². The second kappa shape index (κ2) is 6.63. The maximum absolute atomic E-state index is 12.1. The van der Waals surface area contributed by atoms with Gasteiger partial charge >= 0.3 is 0 Å². The largest absolute Gasteiger partial charge is 0.497 e. The lowest BCUT2D eigenvalue weighted by atomic mass is 10.0. The fourth-order valence-electron chi connectivity index (χ4n) is 3.17. The molecule has 6 nitrogen and oxygen atoms in total. The number of Topliss-reactive ketones (excluding diaryl/α,β-unsaturated/α-hetero) is 1. The molecule has 1 aliphatic rings. The number of carbonyl (C=O) groups is 1. The normalized spacial score (nSPS) is 19.2. The predicted octanol–water partition coefficient (Wildman–Crippen LogP) is 3.17. The van der Waals surface area contributed by atoms with E-state index in [9.17, 15) is 4.79 Å². The quantitative estimate of drug-likeness (QED) is 0.710. The van der Waals surface area contributed by atoms with E-state index in [0.717, 1.165) is 22.3 Å². The standard InChI is InChI=1S/C20H19N3O3/c1-13(24)19-20(14-7-9-15(25-2)10-8-14)26-18(22-19)11-23-12-21-16-5-3-4-6-17(16)23/h3-10,12,19-20H,11H2,1-2H3. The molecule has 3 aromatic rings. The van der Waals surface area contributed by atoms with E-state index in [0.29, 0.717) is 12.4 Å². The number of para-hydroxylation sites is 2. The van der Waals surface area contributed by atoms with Gasteiger partial charge in [-0.3, -0.25) is 4.79 Å². The van der Waals surface area contributed by atoms with Crippen LogP contribution in [0.25, 0.3) is 11.0 Å². The van der Waals surface area contributed by atoms with E-state index in [1.165, 1.54) is 0 Å². The summed E-state index contributed by atoms with van der Waals surface area (Å²) < 4.78 is 13.2. The van der Waals surface area contributed by atoms with Crippen molar-refractivity contribution in [2.24, 2.45) is 4.99 Å². The number of nitrogens with zero attached hydrogens (tertiary/aromatic N) is 3. The Labute approximate surface area is 151 Å². The second-order valence-electron chi connectivity index (χ2n) is 6.25. The van der Waals surface area contributed by atoms with Gasteiger partial charge in [0.2, 0.25) is 5.90 Å². The summed E-state index contributed by atoms with van der Waals surface area (Å²) in [4.78, 5) is 21.0. The van der Waals surface area contributed by atoms with E-state index in [4.69, 9.17) is 9.47 Å². The van der Waals surface area contributed by atoms with Gasteiger partial charge in [0, 0.05) is 0 Å². The Morgan fingerprint density at radius 1 is 1.19 bits per heavy atom. The van der Waals surface area contributed by atoms with Crippen molar-refractivity contribution in [2.45, 2.75) is 25.6 Å². The Morgan fingerprint density at radius 3 is 2.69 bits per heavy atom. The van der Waals surface area contributed by atoms with Gasteiger partial charge in [0.05, 0.1) is 31.0 Å². The van der Waals surface area contributed by atoms with Crippen molar-refractivity contribution in [3.63, 3.8) is 0 Å². The summed E-state index contributed by atoms with van der Waals surface area (Å²) >= 11 is 0. The number of hydrogen-bond donors (Lipinski definition) is 0. The molecule has 132 valence electrons. The van der Waals surface area contributed by atoms with E-state index < -0.39 is 12.1 Å². The minimum absolute atomic E-state index is 0.0173. The van der Waals surface area contributed by atoms with Crippen LogP contribution in [0.3, 0.4) is 0 Å². The van der Waals surface area contributed by atoms with Crippen LogP contribution >= 0.6 is 0 Å². The van der Waals surface area contributed by atoms with E-state index >= 15 is 0 Å². The van der Waals surface area contributed by atoms with Crippen LogP contribution in [0.15, 0.2) is 59.9 Å². The third-order valence-electron chi connectivity index (χ3n) is 4.53. The molecule has 2 heterocycles. The van der Waals surface area contributed by atoms with Crippen LogP contribution in [0.1, 0.15) is 18.6 Å². The molecule has 1 aromatic heterocycles. The number of benzene rings is 2. The fraction of sp³-hybridized carbons (Fsp3) is 0.250. The average molecular weight is 349 g/mol. The molecule has 0 aliphatic carbocycles. The maximum Gasteiger partial charge on any atom is 0.205 e. The average Bonchev–Trinajstić information content (AvgIpc) is 3.27. The maximum atomic E-state index is 12.1. The van der Waals surface area contributed by atoms with Crippen LogP contribution in [0, 0.1) is 0 Å². The first-order chi connectivity index (χ1) is 12.7. The minimum atomic E-state index is -0.534. The molecule has 0 saturated carbocycles. The highest BCUT2D eigenvalue weighted by Gasteiger charge is 2.35. The smallest absolute Gasteiger partial charge is 0.205 e. The highest BCUT2D eigenvalue weighted by Crippen LogP contribution is 2.31. The van der Waals surface area contributed by atoms with Gasteiger partial charge in [0.1, 0.15) is 5.75 Å². The number of ether oxygens (including phenoxy) is 2. The van der Waals surface area contributed by atoms with Crippen LogP contribution in [0.4, 0.5) is 0 Å². The zero-order chi connectivity index (χ0) is 18.1. The molecular formula is C20H19N3O3. The summed E-state index contributed by atoms with van der Waals surface area (Å²) in [6, 6.07) is 14.9.